The maximum atomic E-state index is 10.6. The lowest BCUT2D eigenvalue weighted by atomic mass is 10.1. The zero-order valence-corrected chi connectivity index (χ0v) is 8.62. The molecule has 5 nitrogen and oxygen atoms in total. The van der Waals surface area contributed by atoms with Crippen LogP contribution in [0.5, 0.6) is 0 Å². The highest BCUT2D eigenvalue weighted by atomic mass is 16.6. The number of nitro groups is 1. The zero-order valence-electron chi connectivity index (χ0n) is 8.62. The molecule has 80 valence electrons. The van der Waals surface area contributed by atoms with Gasteiger partial charge in [0.2, 0.25) is 0 Å². The molecule has 0 aliphatic carbocycles. The molecule has 0 fully saturated rings. The quantitative estimate of drug-likeness (QED) is 0.569. The molecule has 0 spiro atoms. The van der Waals surface area contributed by atoms with E-state index < -0.39 is 4.92 Å². The Bertz CT molecular complexity index is 526. The fraction of sp³-hybridized carbons (Fsp3) is 0.0909. The standard InChI is InChI=1S/C11H9N3O2/c1-8-11(14(15)16)3-2-10(13-8)9-4-6-12-7-5-9/h2-7H,1H3. The van der Waals surface area contributed by atoms with E-state index in [2.05, 4.69) is 9.97 Å². The van der Waals surface area contributed by atoms with Crippen molar-refractivity contribution in [2.24, 2.45) is 0 Å². The molecule has 2 heterocycles. The van der Waals surface area contributed by atoms with E-state index in [9.17, 15) is 10.1 Å². The summed E-state index contributed by atoms with van der Waals surface area (Å²) in [5, 5.41) is 10.6. The van der Waals surface area contributed by atoms with Crippen LogP contribution in [0.15, 0.2) is 36.7 Å². The first kappa shape index (κ1) is 10.2. The second-order valence-electron chi connectivity index (χ2n) is 3.29. The van der Waals surface area contributed by atoms with Crippen molar-refractivity contribution < 1.29 is 4.92 Å². The van der Waals surface area contributed by atoms with Crippen LogP contribution in [-0.2, 0) is 0 Å². The van der Waals surface area contributed by atoms with Gasteiger partial charge in [-0.2, -0.15) is 0 Å². The number of aryl methyl sites for hydroxylation is 1. The maximum Gasteiger partial charge on any atom is 0.290 e. The maximum absolute atomic E-state index is 10.6. The smallest absolute Gasteiger partial charge is 0.265 e. The first-order valence-corrected chi connectivity index (χ1v) is 4.71. The number of hydrogen-bond donors (Lipinski definition) is 0. The summed E-state index contributed by atoms with van der Waals surface area (Å²) in [6.07, 6.45) is 3.32. The number of aromatic nitrogens is 2. The topological polar surface area (TPSA) is 68.9 Å². The molecular formula is C11H9N3O2. The predicted molar refractivity (Wildman–Crippen MR) is 58.9 cm³/mol. The highest BCUT2D eigenvalue weighted by Gasteiger charge is 2.12. The average molecular weight is 215 g/mol. The van der Waals surface area contributed by atoms with Crippen LogP contribution in [-0.4, -0.2) is 14.9 Å². The highest BCUT2D eigenvalue weighted by Crippen LogP contribution is 2.21. The van der Waals surface area contributed by atoms with Crippen molar-refractivity contribution in [2.75, 3.05) is 0 Å². The molecule has 0 unspecified atom stereocenters. The van der Waals surface area contributed by atoms with Gasteiger partial charge in [0.1, 0.15) is 5.69 Å². The van der Waals surface area contributed by atoms with E-state index in [1.54, 1.807) is 25.4 Å². The minimum Gasteiger partial charge on any atom is -0.265 e. The third kappa shape index (κ3) is 1.88. The Kier molecular flexibility index (Phi) is 2.59. The van der Waals surface area contributed by atoms with Crippen LogP contribution in [0.1, 0.15) is 5.69 Å². The van der Waals surface area contributed by atoms with Gasteiger partial charge in [-0.15, -0.1) is 0 Å². The number of rotatable bonds is 2. The van der Waals surface area contributed by atoms with Crippen molar-refractivity contribution in [3.8, 4) is 11.3 Å². The number of nitrogens with zero attached hydrogens (tertiary/aromatic N) is 3. The molecule has 5 heteroatoms. The highest BCUT2D eigenvalue weighted by molar-refractivity contribution is 5.60. The summed E-state index contributed by atoms with van der Waals surface area (Å²) in [6, 6.07) is 6.74. The summed E-state index contributed by atoms with van der Waals surface area (Å²) in [5.74, 6) is 0. The van der Waals surface area contributed by atoms with Gasteiger partial charge in [-0.25, -0.2) is 4.98 Å². The van der Waals surface area contributed by atoms with E-state index in [0.717, 1.165) is 5.56 Å². The summed E-state index contributed by atoms with van der Waals surface area (Å²) in [5.41, 5.74) is 2.07. The first-order valence-electron chi connectivity index (χ1n) is 4.71. The summed E-state index contributed by atoms with van der Waals surface area (Å²) >= 11 is 0. The molecule has 2 rings (SSSR count). The van der Waals surface area contributed by atoms with Crippen molar-refractivity contribution in [3.63, 3.8) is 0 Å². The van der Waals surface area contributed by atoms with Crippen LogP contribution in [0.4, 0.5) is 5.69 Å². The van der Waals surface area contributed by atoms with Crippen molar-refractivity contribution in [2.45, 2.75) is 6.92 Å². The minimum atomic E-state index is -0.432. The summed E-state index contributed by atoms with van der Waals surface area (Å²) in [7, 11) is 0. The molecule has 2 aromatic rings. The van der Waals surface area contributed by atoms with Crippen molar-refractivity contribution in [1.29, 1.82) is 0 Å². The predicted octanol–water partition coefficient (Wildman–Crippen LogP) is 2.36. The molecule has 0 N–H and O–H groups in total. The van der Waals surface area contributed by atoms with Gasteiger partial charge in [0, 0.05) is 24.0 Å². The van der Waals surface area contributed by atoms with Crippen LogP contribution in [0.25, 0.3) is 11.3 Å². The third-order valence-electron chi connectivity index (χ3n) is 2.23. The lowest BCUT2D eigenvalue weighted by Gasteiger charge is -2.01. The van der Waals surface area contributed by atoms with Crippen molar-refractivity contribution >= 4 is 5.69 Å². The Labute approximate surface area is 91.9 Å². The van der Waals surface area contributed by atoms with Crippen LogP contribution in [0, 0.1) is 17.0 Å². The number of pyridine rings is 2. The fourth-order valence-electron chi connectivity index (χ4n) is 1.43. The Morgan fingerprint density at radius 1 is 1.19 bits per heavy atom. The SMILES string of the molecule is Cc1nc(-c2ccncc2)ccc1[N+](=O)[O-]. The molecule has 0 saturated carbocycles. The first-order chi connectivity index (χ1) is 7.68. The van der Waals surface area contributed by atoms with Gasteiger partial charge in [0.25, 0.3) is 5.69 Å². The van der Waals surface area contributed by atoms with Crippen LogP contribution < -0.4 is 0 Å². The largest absolute Gasteiger partial charge is 0.290 e. The van der Waals surface area contributed by atoms with E-state index in [1.807, 2.05) is 12.1 Å². The van der Waals surface area contributed by atoms with Crippen LogP contribution in [0.3, 0.4) is 0 Å². The van der Waals surface area contributed by atoms with Gasteiger partial charge < -0.3 is 0 Å². The summed E-state index contributed by atoms with van der Waals surface area (Å²) in [6.45, 7) is 1.63. The van der Waals surface area contributed by atoms with Gasteiger partial charge in [0.15, 0.2) is 0 Å². The van der Waals surface area contributed by atoms with Crippen LogP contribution >= 0.6 is 0 Å². The average Bonchev–Trinajstić information content (AvgIpc) is 2.29. The van der Waals surface area contributed by atoms with Crippen molar-refractivity contribution in [3.05, 3.63) is 52.5 Å². The minimum absolute atomic E-state index is 0.0396. The normalized spacial score (nSPS) is 10.1. The Morgan fingerprint density at radius 3 is 2.44 bits per heavy atom. The lowest BCUT2D eigenvalue weighted by molar-refractivity contribution is -0.385. The number of hydrogen-bond acceptors (Lipinski definition) is 4. The summed E-state index contributed by atoms with van der Waals surface area (Å²) in [4.78, 5) is 18.3. The van der Waals surface area contributed by atoms with E-state index in [4.69, 9.17) is 0 Å². The second kappa shape index (κ2) is 4.06. The molecule has 0 bridgehead atoms. The van der Waals surface area contributed by atoms with E-state index in [0.29, 0.717) is 11.4 Å². The molecule has 0 atom stereocenters. The second-order valence-corrected chi connectivity index (χ2v) is 3.29. The van der Waals surface area contributed by atoms with Crippen molar-refractivity contribution in [1.82, 2.24) is 9.97 Å². The van der Waals surface area contributed by atoms with E-state index in [-0.39, 0.29) is 5.69 Å². The molecule has 2 aromatic heterocycles. The van der Waals surface area contributed by atoms with E-state index >= 15 is 0 Å². The zero-order chi connectivity index (χ0) is 11.5. The van der Waals surface area contributed by atoms with Gasteiger partial charge in [-0.05, 0) is 25.1 Å². The van der Waals surface area contributed by atoms with Gasteiger partial charge in [-0.1, -0.05) is 0 Å². The molecule has 0 aliphatic rings. The van der Waals surface area contributed by atoms with Crippen LogP contribution in [0.2, 0.25) is 0 Å². The monoisotopic (exact) mass is 215 g/mol. The third-order valence-corrected chi connectivity index (χ3v) is 2.23. The molecule has 16 heavy (non-hydrogen) atoms. The fourth-order valence-corrected chi connectivity index (χ4v) is 1.43. The lowest BCUT2D eigenvalue weighted by Crippen LogP contribution is -1.95. The molecule has 0 radical (unpaired) electrons. The Morgan fingerprint density at radius 2 is 1.88 bits per heavy atom. The molecule has 0 aromatic carbocycles. The molecule has 0 amide bonds. The Balaban J connectivity index is 2.46. The van der Waals surface area contributed by atoms with Gasteiger partial charge in [0.05, 0.1) is 10.6 Å². The molecule has 0 aliphatic heterocycles. The van der Waals surface area contributed by atoms with Gasteiger partial charge >= 0.3 is 0 Å². The molecular weight excluding hydrogens is 206 g/mol. The Hall–Kier alpha value is -2.30. The van der Waals surface area contributed by atoms with Gasteiger partial charge in [-0.3, -0.25) is 15.1 Å². The summed E-state index contributed by atoms with van der Waals surface area (Å²) < 4.78 is 0. The van der Waals surface area contributed by atoms with E-state index in [1.165, 1.54) is 6.07 Å². The molecule has 0 saturated heterocycles.